The Bertz CT molecular complexity index is 926. The van der Waals surface area contributed by atoms with Crippen LogP contribution < -0.4 is 9.64 Å². The summed E-state index contributed by atoms with van der Waals surface area (Å²) < 4.78 is 6.47. The van der Waals surface area contributed by atoms with Gasteiger partial charge < -0.3 is 9.64 Å². The number of hydrogen-bond donors (Lipinski definition) is 0. The standard InChI is InChI=1S/C22H27N3O2S2/c1-4-24(5-2)14-15-25(20(26)16-28-17-10-7-6-8-11-17)22-23-21-18(27-3)12-9-13-19(21)29-22/h6-13H,4-5,14-16H2,1-3H3. The van der Waals surface area contributed by atoms with E-state index in [2.05, 4.69) is 18.7 Å². The number of carbonyl (C=O) groups excluding carboxylic acids is 1. The highest BCUT2D eigenvalue weighted by Crippen LogP contribution is 2.34. The van der Waals surface area contributed by atoms with E-state index in [-0.39, 0.29) is 5.91 Å². The van der Waals surface area contributed by atoms with Crippen molar-refractivity contribution >= 4 is 44.4 Å². The fourth-order valence-corrected chi connectivity index (χ4v) is 4.86. The molecule has 0 fully saturated rings. The number of rotatable bonds is 10. The Balaban J connectivity index is 1.83. The molecule has 1 amide bonds. The topological polar surface area (TPSA) is 45.7 Å². The van der Waals surface area contributed by atoms with Gasteiger partial charge >= 0.3 is 0 Å². The van der Waals surface area contributed by atoms with Crippen LogP contribution in [0.4, 0.5) is 5.13 Å². The van der Waals surface area contributed by atoms with Gasteiger partial charge in [-0.3, -0.25) is 9.69 Å². The third-order valence-electron chi connectivity index (χ3n) is 4.76. The van der Waals surface area contributed by atoms with Crippen LogP contribution in [0, 0.1) is 0 Å². The molecule has 5 nitrogen and oxygen atoms in total. The molecule has 0 spiro atoms. The van der Waals surface area contributed by atoms with Crippen molar-refractivity contribution in [2.45, 2.75) is 18.7 Å². The summed E-state index contributed by atoms with van der Waals surface area (Å²) in [7, 11) is 1.65. The molecule has 0 radical (unpaired) electrons. The Labute approximate surface area is 180 Å². The summed E-state index contributed by atoms with van der Waals surface area (Å²) >= 11 is 3.10. The van der Waals surface area contributed by atoms with Crippen LogP contribution >= 0.6 is 23.1 Å². The summed E-state index contributed by atoms with van der Waals surface area (Å²) in [5.41, 5.74) is 0.811. The Kier molecular flexibility index (Phi) is 7.91. The van der Waals surface area contributed by atoms with Crippen molar-refractivity contribution in [3.05, 3.63) is 48.5 Å². The van der Waals surface area contributed by atoms with Crippen LogP contribution in [0.5, 0.6) is 5.75 Å². The van der Waals surface area contributed by atoms with Crippen molar-refractivity contribution in [1.29, 1.82) is 0 Å². The van der Waals surface area contributed by atoms with Crippen LogP contribution in [0.3, 0.4) is 0 Å². The van der Waals surface area contributed by atoms with E-state index in [1.807, 2.05) is 53.4 Å². The van der Waals surface area contributed by atoms with E-state index in [0.29, 0.717) is 12.3 Å². The van der Waals surface area contributed by atoms with Gasteiger partial charge in [0.25, 0.3) is 0 Å². The summed E-state index contributed by atoms with van der Waals surface area (Å²) in [5, 5.41) is 0.732. The Morgan fingerprint density at radius 1 is 1.07 bits per heavy atom. The lowest BCUT2D eigenvalue weighted by Crippen LogP contribution is -2.39. The zero-order chi connectivity index (χ0) is 20.6. The molecule has 0 saturated carbocycles. The third kappa shape index (κ3) is 5.50. The van der Waals surface area contributed by atoms with Crippen molar-refractivity contribution in [2.75, 3.05) is 43.9 Å². The number of thiazole rings is 1. The monoisotopic (exact) mass is 429 g/mol. The molecule has 154 valence electrons. The number of carbonyl (C=O) groups is 1. The zero-order valence-electron chi connectivity index (χ0n) is 17.1. The first-order valence-electron chi connectivity index (χ1n) is 9.80. The number of nitrogens with zero attached hydrogens (tertiary/aromatic N) is 3. The van der Waals surface area contributed by atoms with Crippen LogP contribution in [-0.4, -0.2) is 54.8 Å². The fraction of sp³-hybridized carbons (Fsp3) is 0.364. The van der Waals surface area contributed by atoms with Gasteiger partial charge in [-0.2, -0.15) is 0 Å². The number of likely N-dealkylation sites (N-methyl/N-ethyl adjacent to an activating group) is 1. The van der Waals surface area contributed by atoms with Crippen LogP contribution in [0.1, 0.15) is 13.8 Å². The molecule has 0 aliphatic rings. The number of methoxy groups -OCH3 is 1. The molecule has 0 aliphatic heterocycles. The number of fused-ring (bicyclic) bond motifs is 1. The summed E-state index contributed by atoms with van der Waals surface area (Å²) in [6.45, 7) is 7.66. The fourth-order valence-electron chi connectivity index (χ4n) is 3.04. The van der Waals surface area contributed by atoms with Crippen molar-refractivity contribution in [2.24, 2.45) is 0 Å². The van der Waals surface area contributed by atoms with E-state index in [0.717, 1.165) is 45.6 Å². The second-order valence-corrected chi connectivity index (χ2v) is 8.54. The lowest BCUT2D eigenvalue weighted by atomic mass is 10.3. The number of thioether (sulfide) groups is 1. The first-order valence-corrected chi connectivity index (χ1v) is 11.6. The Morgan fingerprint density at radius 3 is 2.52 bits per heavy atom. The van der Waals surface area contributed by atoms with E-state index in [1.165, 1.54) is 11.3 Å². The number of anilines is 1. The van der Waals surface area contributed by atoms with Crippen LogP contribution in [-0.2, 0) is 4.79 Å². The van der Waals surface area contributed by atoms with Gasteiger partial charge in [0.15, 0.2) is 5.13 Å². The summed E-state index contributed by atoms with van der Waals surface area (Å²) in [4.78, 5) is 23.2. The van der Waals surface area contributed by atoms with Gasteiger partial charge in [0, 0.05) is 18.0 Å². The molecule has 0 saturated heterocycles. The zero-order valence-corrected chi connectivity index (χ0v) is 18.8. The minimum atomic E-state index is 0.0732. The van der Waals surface area contributed by atoms with Crippen molar-refractivity contribution < 1.29 is 9.53 Å². The summed E-state index contributed by atoms with van der Waals surface area (Å²) in [6.07, 6.45) is 0. The molecule has 2 aromatic carbocycles. The molecule has 0 bridgehead atoms. The third-order valence-corrected chi connectivity index (χ3v) is 6.80. The Morgan fingerprint density at radius 2 is 1.83 bits per heavy atom. The molecule has 1 aromatic heterocycles. The SMILES string of the molecule is CCN(CC)CCN(C(=O)CSc1ccccc1)c1nc2c(OC)cccc2s1. The van der Waals surface area contributed by atoms with E-state index >= 15 is 0 Å². The van der Waals surface area contributed by atoms with E-state index in [9.17, 15) is 4.79 Å². The van der Waals surface area contributed by atoms with Gasteiger partial charge in [-0.15, -0.1) is 11.8 Å². The second kappa shape index (κ2) is 10.6. The van der Waals surface area contributed by atoms with Crippen molar-refractivity contribution in [3.63, 3.8) is 0 Å². The van der Waals surface area contributed by atoms with Crippen LogP contribution in [0.15, 0.2) is 53.4 Å². The molecular formula is C22H27N3O2S2. The predicted octanol–water partition coefficient (Wildman–Crippen LogP) is 4.77. The normalized spacial score (nSPS) is 11.2. The van der Waals surface area contributed by atoms with Gasteiger partial charge in [0.05, 0.1) is 17.6 Å². The van der Waals surface area contributed by atoms with Gasteiger partial charge in [0.1, 0.15) is 11.3 Å². The average Bonchev–Trinajstić information content (AvgIpc) is 3.20. The maximum atomic E-state index is 13.2. The molecule has 3 rings (SSSR count). The van der Waals surface area contributed by atoms with Crippen molar-refractivity contribution in [3.8, 4) is 5.75 Å². The maximum absolute atomic E-state index is 13.2. The smallest absolute Gasteiger partial charge is 0.239 e. The molecule has 3 aromatic rings. The summed E-state index contributed by atoms with van der Waals surface area (Å²) in [6, 6.07) is 15.9. The number of benzene rings is 2. The second-order valence-electron chi connectivity index (χ2n) is 6.48. The lowest BCUT2D eigenvalue weighted by molar-refractivity contribution is -0.116. The molecular weight excluding hydrogens is 402 g/mol. The molecule has 1 heterocycles. The molecule has 7 heteroatoms. The molecule has 29 heavy (non-hydrogen) atoms. The Hall–Kier alpha value is -2.09. The first kappa shape index (κ1) is 21.6. The molecule has 0 unspecified atom stereocenters. The van der Waals surface area contributed by atoms with Crippen LogP contribution in [0.2, 0.25) is 0 Å². The number of hydrogen-bond acceptors (Lipinski definition) is 6. The van der Waals surface area contributed by atoms with Gasteiger partial charge in [0.2, 0.25) is 5.91 Å². The molecule has 0 atom stereocenters. The predicted molar refractivity (Wildman–Crippen MR) is 123 cm³/mol. The maximum Gasteiger partial charge on any atom is 0.239 e. The minimum absolute atomic E-state index is 0.0732. The number of amides is 1. The minimum Gasteiger partial charge on any atom is -0.494 e. The quantitative estimate of drug-likeness (QED) is 0.434. The van der Waals surface area contributed by atoms with Gasteiger partial charge in [-0.1, -0.05) is 49.4 Å². The number of aromatic nitrogens is 1. The van der Waals surface area contributed by atoms with Crippen molar-refractivity contribution in [1.82, 2.24) is 9.88 Å². The lowest BCUT2D eigenvalue weighted by Gasteiger charge is -2.24. The molecule has 0 N–H and O–H groups in total. The number of para-hydroxylation sites is 1. The summed E-state index contributed by atoms with van der Waals surface area (Å²) in [5.74, 6) is 1.19. The van der Waals surface area contributed by atoms with E-state index in [1.54, 1.807) is 18.9 Å². The number of ether oxygens (including phenoxy) is 1. The molecule has 0 aliphatic carbocycles. The highest BCUT2D eigenvalue weighted by Gasteiger charge is 2.21. The average molecular weight is 430 g/mol. The first-order chi connectivity index (χ1) is 14.2. The highest BCUT2D eigenvalue weighted by atomic mass is 32.2. The van der Waals surface area contributed by atoms with E-state index in [4.69, 9.17) is 9.72 Å². The van der Waals surface area contributed by atoms with Crippen LogP contribution in [0.25, 0.3) is 10.2 Å². The highest BCUT2D eigenvalue weighted by molar-refractivity contribution is 8.00. The van der Waals surface area contributed by atoms with E-state index < -0.39 is 0 Å². The van der Waals surface area contributed by atoms with Gasteiger partial charge in [-0.05, 0) is 37.4 Å². The van der Waals surface area contributed by atoms with Gasteiger partial charge in [-0.25, -0.2) is 4.98 Å². The largest absolute Gasteiger partial charge is 0.494 e.